The summed E-state index contributed by atoms with van der Waals surface area (Å²) in [6, 6.07) is 5.62. The second kappa shape index (κ2) is 9.63. The highest BCUT2D eigenvalue weighted by Gasteiger charge is 2.24. The van der Waals surface area contributed by atoms with Crippen LogP contribution in [0.15, 0.2) is 24.3 Å². The van der Waals surface area contributed by atoms with Gasteiger partial charge in [0.05, 0.1) is 17.0 Å². The maximum absolute atomic E-state index is 14.7. The van der Waals surface area contributed by atoms with Gasteiger partial charge in [-0.05, 0) is 70.8 Å². The molecule has 1 fully saturated rings. The van der Waals surface area contributed by atoms with Crippen molar-refractivity contribution in [1.29, 1.82) is 0 Å². The first-order valence-electron chi connectivity index (χ1n) is 11.5. The predicted octanol–water partition coefficient (Wildman–Crippen LogP) is 6.09. The number of halogens is 3. The van der Waals surface area contributed by atoms with Crippen LogP contribution >= 0.6 is 0 Å². The second-order valence-electron chi connectivity index (χ2n) is 8.78. The van der Waals surface area contributed by atoms with Crippen molar-refractivity contribution in [1.82, 2.24) is 19.9 Å². The molecular formula is C25H30F3N5. The van der Waals surface area contributed by atoms with Crippen LogP contribution in [0.4, 0.5) is 19.0 Å². The van der Waals surface area contributed by atoms with Crippen LogP contribution in [0.2, 0.25) is 0 Å². The van der Waals surface area contributed by atoms with Gasteiger partial charge in [-0.1, -0.05) is 25.1 Å². The molecule has 33 heavy (non-hydrogen) atoms. The summed E-state index contributed by atoms with van der Waals surface area (Å²) in [7, 11) is 0. The third-order valence-corrected chi connectivity index (χ3v) is 6.62. The molecule has 1 aliphatic heterocycles. The van der Waals surface area contributed by atoms with Gasteiger partial charge in [0.1, 0.15) is 17.5 Å². The molecule has 0 unspecified atom stereocenters. The normalized spacial score (nSPS) is 16.5. The highest BCUT2D eigenvalue weighted by molar-refractivity contribution is 5.87. The largest absolute Gasteiger partial charge is 0.363 e. The lowest BCUT2D eigenvalue weighted by atomic mass is 9.88. The molecule has 1 atom stereocenters. The van der Waals surface area contributed by atoms with Gasteiger partial charge in [0.2, 0.25) is 0 Å². The lowest BCUT2D eigenvalue weighted by molar-refractivity contribution is 0.146. The molecular weight excluding hydrogens is 427 g/mol. The number of nitrogens with one attached hydrogen (secondary N) is 1. The lowest BCUT2D eigenvalue weighted by Crippen LogP contribution is -2.32. The first kappa shape index (κ1) is 23.4. The minimum Gasteiger partial charge on any atom is -0.363 e. The highest BCUT2D eigenvalue weighted by atomic mass is 19.3. The van der Waals surface area contributed by atoms with Crippen molar-refractivity contribution in [2.24, 2.45) is 0 Å². The molecule has 0 radical (unpaired) electrons. The topological polar surface area (TPSA) is 53.9 Å². The number of nitrogens with zero attached hydrogens (tertiary/aromatic N) is 4. The van der Waals surface area contributed by atoms with E-state index in [1.54, 1.807) is 13.8 Å². The Labute approximate surface area is 192 Å². The monoisotopic (exact) mass is 457 g/mol. The van der Waals surface area contributed by atoms with Crippen molar-refractivity contribution in [3.05, 3.63) is 58.3 Å². The van der Waals surface area contributed by atoms with Crippen LogP contribution in [0.25, 0.3) is 11.0 Å². The Morgan fingerprint density at radius 3 is 2.45 bits per heavy atom. The van der Waals surface area contributed by atoms with Crippen LogP contribution in [0.1, 0.15) is 73.3 Å². The Morgan fingerprint density at radius 2 is 1.79 bits per heavy atom. The van der Waals surface area contributed by atoms with Gasteiger partial charge in [0.25, 0.3) is 6.43 Å². The Balaban J connectivity index is 1.70. The summed E-state index contributed by atoms with van der Waals surface area (Å²) >= 11 is 0. The number of hydrogen-bond donors (Lipinski definition) is 1. The fourth-order valence-corrected chi connectivity index (χ4v) is 4.71. The van der Waals surface area contributed by atoms with Crippen LogP contribution in [0.5, 0.6) is 0 Å². The van der Waals surface area contributed by atoms with Gasteiger partial charge in [-0.15, -0.1) is 0 Å². The number of anilines is 1. The van der Waals surface area contributed by atoms with Crippen LogP contribution < -0.4 is 5.32 Å². The summed E-state index contributed by atoms with van der Waals surface area (Å²) in [6.45, 7) is 10.9. The fourth-order valence-electron chi connectivity index (χ4n) is 4.71. The van der Waals surface area contributed by atoms with E-state index in [4.69, 9.17) is 4.98 Å². The summed E-state index contributed by atoms with van der Waals surface area (Å²) in [4.78, 5) is 16.3. The summed E-state index contributed by atoms with van der Waals surface area (Å²) in [5, 5.41) is 3.99. The van der Waals surface area contributed by atoms with Crippen molar-refractivity contribution >= 4 is 16.9 Å². The van der Waals surface area contributed by atoms with Gasteiger partial charge in [-0.2, -0.15) is 0 Å². The van der Waals surface area contributed by atoms with Gasteiger partial charge < -0.3 is 10.2 Å². The molecule has 1 aliphatic rings. The summed E-state index contributed by atoms with van der Waals surface area (Å²) < 4.78 is 41.1. The van der Waals surface area contributed by atoms with Crippen LogP contribution in [0, 0.1) is 19.7 Å². The van der Waals surface area contributed by atoms with Gasteiger partial charge in [-0.3, -0.25) is 0 Å². The van der Waals surface area contributed by atoms with E-state index in [1.165, 1.54) is 17.7 Å². The number of pyridine rings is 1. The van der Waals surface area contributed by atoms with Gasteiger partial charge in [-0.25, -0.2) is 28.1 Å². The Kier molecular flexibility index (Phi) is 6.83. The smallest absolute Gasteiger partial charge is 0.266 e. The molecule has 1 saturated heterocycles. The summed E-state index contributed by atoms with van der Waals surface area (Å²) in [5.41, 5.74) is 2.30. The van der Waals surface area contributed by atoms with E-state index >= 15 is 0 Å². The second-order valence-corrected chi connectivity index (χ2v) is 8.78. The van der Waals surface area contributed by atoms with E-state index < -0.39 is 23.8 Å². The molecule has 3 heterocycles. The molecule has 0 aliphatic carbocycles. The predicted molar refractivity (Wildman–Crippen MR) is 124 cm³/mol. The van der Waals surface area contributed by atoms with Gasteiger partial charge >= 0.3 is 0 Å². The molecule has 0 saturated carbocycles. The third kappa shape index (κ3) is 4.81. The molecule has 0 spiro atoms. The quantitative estimate of drug-likeness (QED) is 0.485. The van der Waals surface area contributed by atoms with Crippen molar-refractivity contribution in [2.45, 2.75) is 58.9 Å². The van der Waals surface area contributed by atoms with E-state index in [2.05, 4.69) is 33.2 Å². The van der Waals surface area contributed by atoms with Crippen LogP contribution in [-0.2, 0) is 0 Å². The zero-order valence-corrected chi connectivity index (χ0v) is 19.5. The number of rotatable bonds is 6. The molecule has 1 aromatic carbocycles. The van der Waals surface area contributed by atoms with E-state index in [0.717, 1.165) is 49.6 Å². The number of alkyl halides is 2. The third-order valence-electron chi connectivity index (χ3n) is 6.62. The summed E-state index contributed by atoms with van der Waals surface area (Å²) in [5.74, 6) is 0.595. The zero-order chi connectivity index (χ0) is 23.7. The van der Waals surface area contributed by atoms with Crippen molar-refractivity contribution in [3.63, 3.8) is 0 Å². The van der Waals surface area contributed by atoms with Crippen LogP contribution in [-0.4, -0.2) is 39.5 Å². The minimum absolute atomic E-state index is 0.171. The lowest BCUT2D eigenvalue weighted by Gasteiger charge is -2.31. The number of likely N-dealkylation sites (tertiary alicyclic amines) is 1. The Morgan fingerprint density at radius 1 is 1.09 bits per heavy atom. The Hall–Kier alpha value is -2.74. The maximum Gasteiger partial charge on any atom is 0.266 e. The van der Waals surface area contributed by atoms with Crippen molar-refractivity contribution < 1.29 is 13.2 Å². The van der Waals surface area contributed by atoms with E-state index in [9.17, 15) is 13.2 Å². The summed E-state index contributed by atoms with van der Waals surface area (Å²) in [6.07, 6.45) is -0.730. The number of piperidine rings is 1. The number of benzene rings is 1. The molecule has 2 aromatic heterocycles. The molecule has 4 rings (SSSR count). The maximum atomic E-state index is 14.7. The SMILES string of the molecule is CCN1CCC(c2cc3c(N[C@H](C)c4cccc(C(F)F)c4F)nc(C)nc3nc2C)CC1. The van der Waals surface area contributed by atoms with E-state index in [-0.39, 0.29) is 5.56 Å². The zero-order valence-electron chi connectivity index (χ0n) is 19.5. The fraction of sp³-hybridized carbons (Fsp3) is 0.480. The van der Waals surface area contributed by atoms with E-state index in [1.807, 2.05) is 6.92 Å². The molecule has 8 heteroatoms. The van der Waals surface area contributed by atoms with Gasteiger partial charge in [0, 0.05) is 11.3 Å². The molecule has 3 aromatic rings. The molecule has 176 valence electrons. The standard InChI is InChI=1S/C25H30F3N5/c1-5-33-11-9-17(10-12-33)20-13-21-24(31-16(4)32-25(21)30-15(20)3)29-14(2)18-7-6-8-19(22(18)26)23(27)28/h6-8,13-14,17,23H,5,9-12H2,1-4H3,(H,29,30,31,32)/t14-/m1/s1. The minimum atomic E-state index is -2.87. The number of aryl methyl sites for hydroxylation is 2. The molecule has 1 N–H and O–H groups in total. The van der Waals surface area contributed by atoms with Crippen molar-refractivity contribution in [3.8, 4) is 0 Å². The van der Waals surface area contributed by atoms with E-state index in [0.29, 0.717) is 23.2 Å². The molecule has 0 amide bonds. The Bertz CT molecular complexity index is 1140. The van der Waals surface area contributed by atoms with Crippen molar-refractivity contribution in [2.75, 3.05) is 25.0 Å². The van der Waals surface area contributed by atoms with Crippen LogP contribution in [0.3, 0.4) is 0 Å². The molecule has 5 nitrogen and oxygen atoms in total. The number of aromatic nitrogens is 3. The molecule has 0 bridgehead atoms. The number of hydrogen-bond acceptors (Lipinski definition) is 5. The average Bonchev–Trinajstić information content (AvgIpc) is 2.78. The average molecular weight is 458 g/mol. The number of fused-ring (bicyclic) bond motifs is 1. The van der Waals surface area contributed by atoms with Gasteiger partial charge in [0.15, 0.2) is 5.65 Å². The highest BCUT2D eigenvalue weighted by Crippen LogP contribution is 2.34. The first-order chi connectivity index (χ1) is 15.8. The first-order valence-corrected chi connectivity index (χ1v) is 11.5.